The van der Waals surface area contributed by atoms with Gasteiger partial charge in [-0.05, 0) is 72.7 Å². The van der Waals surface area contributed by atoms with Gasteiger partial charge in [0.25, 0.3) is 11.8 Å². The largest absolute Gasteiger partial charge is 0.489 e. The number of halogens is 3. The van der Waals surface area contributed by atoms with Crippen molar-refractivity contribution in [3.8, 4) is 11.5 Å². The molecule has 0 spiro atoms. The number of anilines is 1. The van der Waals surface area contributed by atoms with Crippen LogP contribution in [-0.4, -0.2) is 17.8 Å². The van der Waals surface area contributed by atoms with Crippen LogP contribution in [0, 0.1) is 6.92 Å². The van der Waals surface area contributed by atoms with Gasteiger partial charge in [-0.25, -0.2) is 9.69 Å². The van der Waals surface area contributed by atoms with E-state index in [2.05, 4.69) is 5.32 Å². The molecule has 4 aromatic rings. The van der Waals surface area contributed by atoms with Gasteiger partial charge in [-0.3, -0.25) is 14.9 Å². The van der Waals surface area contributed by atoms with Gasteiger partial charge in [-0.1, -0.05) is 76.8 Å². The number of aryl methyl sites for hydroxylation is 1. The second-order valence-electron chi connectivity index (χ2n) is 9.44. The molecule has 4 amide bonds. The van der Waals surface area contributed by atoms with E-state index in [1.165, 1.54) is 6.08 Å². The minimum absolute atomic E-state index is 0.157. The molecular formula is C32H23Cl3N2O5. The Morgan fingerprint density at radius 1 is 0.786 bits per heavy atom. The first-order valence-corrected chi connectivity index (χ1v) is 13.9. The van der Waals surface area contributed by atoms with E-state index < -0.39 is 17.8 Å². The van der Waals surface area contributed by atoms with Crippen LogP contribution in [0.4, 0.5) is 10.5 Å². The number of urea groups is 1. The summed E-state index contributed by atoms with van der Waals surface area (Å²) in [6, 6.07) is 23.5. The van der Waals surface area contributed by atoms with Gasteiger partial charge in [0.1, 0.15) is 30.3 Å². The number of nitrogens with one attached hydrogen (secondary N) is 1. The van der Waals surface area contributed by atoms with Crippen molar-refractivity contribution in [1.29, 1.82) is 0 Å². The lowest BCUT2D eigenvalue weighted by Gasteiger charge is -2.26. The third-order valence-electron chi connectivity index (χ3n) is 6.39. The van der Waals surface area contributed by atoms with Crippen LogP contribution >= 0.6 is 34.8 Å². The van der Waals surface area contributed by atoms with Gasteiger partial charge in [-0.2, -0.15) is 0 Å². The molecular weight excluding hydrogens is 599 g/mol. The lowest BCUT2D eigenvalue weighted by Crippen LogP contribution is -2.54. The van der Waals surface area contributed by atoms with Gasteiger partial charge < -0.3 is 9.47 Å². The van der Waals surface area contributed by atoms with Crippen molar-refractivity contribution in [2.75, 3.05) is 4.90 Å². The van der Waals surface area contributed by atoms with Crippen molar-refractivity contribution < 1.29 is 23.9 Å². The average molecular weight is 622 g/mol. The summed E-state index contributed by atoms with van der Waals surface area (Å²) in [5.74, 6) is -0.643. The summed E-state index contributed by atoms with van der Waals surface area (Å²) >= 11 is 18.6. The van der Waals surface area contributed by atoms with Crippen LogP contribution in [0.5, 0.6) is 11.5 Å². The zero-order valence-electron chi connectivity index (χ0n) is 22.2. The van der Waals surface area contributed by atoms with E-state index in [-0.39, 0.29) is 22.9 Å². The first kappa shape index (κ1) is 29.2. The topological polar surface area (TPSA) is 84.9 Å². The SMILES string of the molecule is Cc1ccc(COc2ccc(N3C(=O)NC(=O)/C(=C\c4ccc(OCc5ccc(Cl)cc5Cl)c(Cl)c4)C3=O)cc2)cc1. The number of carbonyl (C=O) groups excluding carboxylic acids is 3. The lowest BCUT2D eigenvalue weighted by atomic mass is 10.1. The predicted molar refractivity (Wildman–Crippen MR) is 163 cm³/mol. The number of benzene rings is 4. The normalized spacial score (nSPS) is 14.2. The molecule has 1 heterocycles. The van der Waals surface area contributed by atoms with Gasteiger partial charge in [0.15, 0.2) is 0 Å². The van der Waals surface area contributed by atoms with E-state index in [9.17, 15) is 14.4 Å². The number of hydrogen-bond donors (Lipinski definition) is 1. The summed E-state index contributed by atoms with van der Waals surface area (Å²) in [5, 5.41) is 3.45. The molecule has 42 heavy (non-hydrogen) atoms. The van der Waals surface area contributed by atoms with E-state index in [1.54, 1.807) is 60.7 Å². The molecule has 5 rings (SSSR count). The molecule has 10 heteroatoms. The third-order valence-corrected chi connectivity index (χ3v) is 7.27. The number of imide groups is 2. The Hall–Kier alpha value is -4.30. The summed E-state index contributed by atoms with van der Waals surface area (Å²) in [6.45, 7) is 2.53. The second kappa shape index (κ2) is 12.7. The Kier molecular flexibility index (Phi) is 8.83. The van der Waals surface area contributed by atoms with Crippen LogP contribution in [0.15, 0.2) is 90.5 Å². The summed E-state index contributed by atoms with van der Waals surface area (Å²) in [6.07, 6.45) is 1.36. The summed E-state index contributed by atoms with van der Waals surface area (Å²) in [7, 11) is 0. The van der Waals surface area contributed by atoms with E-state index in [0.717, 1.165) is 21.6 Å². The second-order valence-corrected chi connectivity index (χ2v) is 10.7. The van der Waals surface area contributed by atoms with Crippen LogP contribution in [0.3, 0.4) is 0 Å². The van der Waals surface area contributed by atoms with E-state index in [4.69, 9.17) is 44.3 Å². The molecule has 7 nitrogen and oxygen atoms in total. The van der Waals surface area contributed by atoms with Crippen LogP contribution in [-0.2, 0) is 22.8 Å². The smallest absolute Gasteiger partial charge is 0.335 e. The molecule has 212 valence electrons. The van der Waals surface area contributed by atoms with Gasteiger partial charge >= 0.3 is 6.03 Å². The number of carbonyl (C=O) groups is 3. The van der Waals surface area contributed by atoms with Gasteiger partial charge in [0, 0.05) is 15.6 Å². The van der Waals surface area contributed by atoms with Crippen molar-refractivity contribution in [3.63, 3.8) is 0 Å². The van der Waals surface area contributed by atoms with Crippen molar-refractivity contribution in [1.82, 2.24) is 5.32 Å². The van der Waals surface area contributed by atoms with Crippen LogP contribution in [0.2, 0.25) is 15.1 Å². The summed E-state index contributed by atoms with van der Waals surface area (Å²) < 4.78 is 11.6. The van der Waals surface area contributed by atoms with Gasteiger partial charge in [0.05, 0.1) is 10.7 Å². The molecule has 0 aromatic heterocycles. The molecule has 1 N–H and O–H groups in total. The predicted octanol–water partition coefficient (Wildman–Crippen LogP) is 7.78. The number of rotatable bonds is 8. The minimum Gasteiger partial charge on any atom is -0.489 e. The Morgan fingerprint density at radius 3 is 2.21 bits per heavy atom. The number of ether oxygens (including phenoxy) is 2. The fourth-order valence-corrected chi connectivity index (χ4v) is 4.83. The number of barbiturate groups is 1. The first-order chi connectivity index (χ1) is 20.2. The average Bonchev–Trinajstić information content (AvgIpc) is 2.96. The molecule has 0 unspecified atom stereocenters. The van der Waals surface area contributed by atoms with Crippen LogP contribution < -0.4 is 19.7 Å². The fourth-order valence-electron chi connectivity index (χ4n) is 4.12. The molecule has 0 aliphatic carbocycles. The molecule has 1 fully saturated rings. The number of hydrogen-bond acceptors (Lipinski definition) is 5. The van der Waals surface area contributed by atoms with Crippen molar-refractivity contribution >= 4 is 64.4 Å². The monoisotopic (exact) mass is 620 g/mol. The number of amides is 4. The maximum Gasteiger partial charge on any atom is 0.335 e. The van der Waals surface area contributed by atoms with Gasteiger partial charge in [-0.15, -0.1) is 0 Å². The molecule has 1 aliphatic heterocycles. The lowest BCUT2D eigenvalue weighted by molar-refractivity contribution is -0.122. The zero-order chi connectivity index (χ0) is 29.8. The molecule has 1 aliphatic rings. The Morgan fingerprint density at radius 2 is 1.52 bits per heavy atom. The Bertz CT molecular complexity index is 1700. The molecule has 0 radical (unpaired) electrons. The first-order valence-electron chi connectivity index (χ1n) is 12.7. The third kappa shape index (κ3) is 6.77. The van der Waals surface area contributed by atoms with E-state index >= 15 is 0 Å². The maximum absolute atomic E-state index is 13.3. The highest BCUT2D eigenvalue weighted by Gasteiger charge is 2.36. The highest BCUT2D eigenvalue weighted by atomic mass is 35.5. The molecule has 1 saturated heterocycles. The van der Waals surface area contributed by atoms with Crippen molar-refractivity contribution in [2.45, 2.75) is 20.1 Å². The maximum atomic E-state index is 13.3. The van der Waals surface area contributed by atoms with Crippen LogP contribution in [0.1, 0.15) is 22.3 Å². The quantitative estimate of drug-likeness (QED) is 0.160. The highest BCUT2D eigenvalue weighted by Crippen LogP contribution is 2.30. The van der Waals surface area contributed by atoms with E-state index in [1.807, 2.05) is 31.2 Å². The minimum atomic E-state index is -0.849. The van der Waals surface area contributed by atoms with Crippen molar-refractivity contribution in [2.24, 2.45) is 0 Å². The summed E-state index contributed by atoms with van der Waals surface area (Å²) in [5.41, 5.74) is 3.40. The fraction of sp³-hybridized carbons (Fsp3) is 0.0938. The molecule has 0 saturated carbocycles. The van der Waals surface area contributed by atoms with E-state index in [0.29, 0.717) is 33.7 Å². The Balaban J connectivity index is 1.29. The van der Waals surface area contributed by atoms with Crippen molar-refractivity contribution in [3.05, 3.63) is 128 Å². The zero-order valence-corrected chi connectivity index (χ0v) is 24.5. The van der Waals surface area contributed by atoms with Gasteiger partial charge in [0.2, 0.25) is 0 Å². The van der Waals surface area contributed by atoms with Crippen LogP contribution in [0.25, 0.3) is 6.08 Å². The Labute approximate surface area is 257 Å². The molecule has 0 atom stereocenters. The molecule has 4 aromatic carbocycles. The standard InChI is InChI=1S/C32H23Cl3N2O5/c1-19-2-4-20(5-3-19)17-41-25-11-9-24(10-12-25)37-31(39)26(30(38)36-32(37)40)14-21-6-13-29(28(35)15-21)42-18-22-7-8-23(33)16-27(22)34/h2-16H,17-18H2,1H3,(H,36,38,40)/b26-14+. The summed E-state index contributed by atoms with van der Waals surface area (Å²) in [4.78, 5) is 39.4. The highest BCUT2D eigenvalue weighted by molar-refractivity contribution is 6.39. The molecule has 0 bridgehead atoms. The number of nitrogens with zero attached hydrogens (tertiary/aromatic N) is 1.